The summed E-state index contributed by atoms with van der Waals surface area (Å²) in [5.41, 5.74) is 8.19. The molecule has 4 heteroatoms. The zero-order valence-corrected chi connectivity index (χ0v) is 11.7. The van der Waals surface area contributed by atoms with Gasteiger partial charge >= 0.3 is 0 Å². The van der Waals surface area contributed by atoms with Crippen molar-refractivity contribution in [1.29, 1.82) is 0 Å². The van der Waals surface area contributed by atoms with Gasteiger partial charge in [-0.1, -0.05) is 36.4 Å². The third-order valence-corrected chi connectivity index (χ3v) is 3.19. The number of hydrogen-bond acceptors (Lipinski definition) is 4. The van der Waals surface area contributed by atoms with Crippen LogP contribution >= 0.6 is 0 Å². The maximum atomic E-state index is 9.30. The maximum absolute atomic E-state index is 9.30. The largest absolute Gasteiger partial charge is 0.395 e. The second kappa shape index (κ2) is 7.03. The molecule has 1 atom stereocenters. The Labute approximate surface area is 119 Å². The number of aliphatic hydroxyl groups is 1. The van der Waals surface area contributed by atoms with Crippen molar-refractivity contribution in [3.05, 3.63) is 59.8 Å². The first kappa shape index (κ1) is 14.5. The van der Waals surface area contributed by atoms with E-state index in [0.717, 1.165) is 11.4 Å². The first-order valence-electron chi connectivity index (χ1n) is 6.82. The molecule has 2 aromatic rings. The highest BCUT2D eigenvalue weighted by atomic mass is 16.3. The summed E-state index contributed by atoms with van der Waals surface area (Å²) in [6, 6.07) is 13.9. The molecule has 0 amide bonds. The molecule has 0 spiro atoms. The van der Waals surface area contributed by atoms with E-state index in [4.69, 9.17) is 5.73 Å². The molecular formula is C16H21N3O. The van der Waals surface area contributed by atoms with Crippen LogP contribution in [0.15, 0.2) is 48.7 Å². The number of pyridine rings is 1. The first-order chi connectivity index (χ1) is 9.72. The molecule has 0 saturated heterocycles. The Bertz CT molecular complexity index is 528. The highest BCUT2D eigenvalue weighted by molar-refractivity contribution is 5.48. The molecule has 1 heterocycles. The highest BCUT2D eigenvalue weighted by Gasteiger charge is 2.14. The van der Waals surface area contributed by atoms with Crippen LogP contribution < -0.4 is 10.6 Å². The van der Waals surface area contributed by atoms with Crippen LogP contribution in [-0.4, -0.2) is 23.2 Å². The van der Waals surface area contributed by atoms with E-state index in [9.17, 15) is 5.11 Å². The normalized spacial score (nSPS) is 12.2. The smallest absolute Gasteiger partial charge is 0.133 e. The average Bonchev–Trinajstić information content (AvgIpc) is 2.48. The van der Waals surface area contributed by atoms with Crippen LogP contribution in [0.5, 0.6) is 0 Å². The van der Waals surface area contributed by atoms with Crippen LogP contribution in [0.2, 0.25) is 0 Å². The predicted octanol–water partition coefficient (Wildman–Crippen LogP) is 2.10. The van der Waals surface area contributed by atoms with Crippen molar-refractivity contribution < 1.29 is 5.11 Å². The SMILES string of the molecule is CC(N)c1cccnc1N(CCO)Cc1ccccc1. The second-order valence-electron chi connectivity index (χ2n) is 4.84. The standard InChI is InChI=1S/C16H21N3O/c1-13(17)15-8-5-9-18-16(15)19(10-11-20)12-14-6-3-2-4-7-14/h2-9,13,20H,10-12,17H2,1H3. The summed E-state index contributed by atoms with van der Waals surface area (Å²) < 4.78 is 0. The Balaban J connectivity index is 2.29. The number of hydrogen-bond donors (Lipinski definition) is 2. The molecule has 0 saturated carbocycles. The van der Waals surface area contributed by atoms with E-state index in [1.54, 1.807) is 6.20 Å². The molecule has 2 rings (SSSR count). The van der Waals surface area contributed by atoms with Crippen LogP contribution in [0.1, 0.15) is 24.1 Å². The third-order valence-electron chi connectivity index (χ3n) is 3.19. The van der Waals surface area contributed by atoms with E-state index in [-0.39, 0.29) is 12.6 Å². The van der Waals surface area contributed by atoms with Crippen molar-refractivity contribution >= 4 is 5.82 Å². The number of aliphatic hydroxyl groups excluding tert-OH is 1. The summed E-state index contributed by atoms with van der Waals surface area (Å²) >= 11 is 0. The minimum absolute atomic E-state index is 0.0851. The van der Waals surface area contributed by atoms with E-state index in [1.807, 2.05) is 37.3 Å². The van der Waals surface area contributed by atoms with Crippen molar-refractivity contribution in [2.45, 2.75) is 19.5 Å². The average molecular weight is 271 g/mol. The Morgan fingerprint density at radius 1 is 1.20 bits per heavy atom. The summed E-state index contributed by atoms with van der Waals surface area (Å²) in [7, 11) is 0. The molecule has 4 nitrogen and oxygen atoms in total. The highest BCUT2D eigenvalue weighted by Crippen LogP contribution is 2.23. The van der Waals surface area contributed by atoms with E-state index >= 15 is 0 Å². The lowest BCUT2D eigenvalue weighted by Gasteiger charge is -2.26. The van der Waals surface area contributed by atoms with Crippen LogP contribution in [-0.2, 0) is 6.54 Å². The lowest BCUT2D eigenvalue weighted by atomic mass is 10.1. The third kappa shape index (κ3) is 3.56. The molecule has 1 aromatic heterocycles. The van der Waals surface area contributed by atoms with Gasteiger partial charge in [-0.15, -0.1) is 0 Å². The van der Waals surface area contributed by atoms with Crippen LogP contribution in [0.4, 0.5) is 5.82 Å². The maximum Gasteiger partial charge on any atom is 0.133 e. The van der Waals surface area contributed by atoms with Crippen molar-refractivity contribution in [2.75, 3.05) is 18.1 Å². The fourth-order valence-corrected chi connectivity index (χ4v) is 2.21. The molecule has 0 aliphatic heterocycles. The Kier molecular flexibility index (Phi) is 5.09. The van der Waals surface area contributed by atoms with Crippen LogP contribution in [0.3, 0.4) is 0 Å². The Morgan fingerprint density at radius 3 is 2.60 bits per heavy atom. The molecule has 1 aromatic carbocycles. The quantitative estimate of drug-likeness (QED) is 0.844. The van der Waals surface area contributed by atoms with Crippen LogP contribution in [0, 0.1) is 0 Å². The molecule has 0 aliphatic carbocycles. The van der Waals surface area contributed by atoms with E-state index in [0.29, 0.717) is 13.1 Å². The molecule has 0 fully saturated rings. The molecule has 3 N–H and O–H groups in total. The molecule has 20 heavy (non-hydrogen) atoms. The molecule has 0 radical (unpaired) electrons. The number of nitrogens with two attached hydrogens (primary N) is 1. The van der Waals surface area contributed by atoms with Gasteiger partial charge in [0.05, 0.1) is 6.61 Å². The molecule has 1 unspecified atom stereocenters. The van der Waals surface area contributed by atoms with Gasteiger partial charge in [-0.25, -0.2) is 4.98 Å². The van der Waals surface area contributed by atoms with Crippen molar-refractivity contribution in [3.8, 4) is 0 Å². The fourth-order valence-electron chi connectivity index (χ4n) is 2.21. The summed E-state index contributed by atoms with van der Waals surface area (Å²) in [5.74, 6) is 0.848. The van der Waals surface area contributed by atoms with Gasteiger partial charge in [0.1, 0.15) is 5.82 Å². The number of nitrogens with zero attached hydrogens (tertiary/aromatic N) is 2. The van der Waals surface area contributed by atoms with Gasteiger partial charge in [0.15, 0.2) is 0 Å². The van der Waals surface area contributed by atoms with Gasteiger partial charge in [-0.3, -0.25) is 0 Å². The van der Waals surface area contributed by atoms with Gasteiger partial charge in [-0.05, 0) is 18.6 Å². The number of rotatable bonds is 6. The van der Waals surface area contributed by atoms with Gasteiger partial charge in [-0.2, -0.15) is 0 Å². The van der Waals surface area contributed by atoms with Gasteiger partial charge in [0.25, 0.3) is 0 Å². The summed E-state index contributed by atoms with van der Waals surface area (Å²) in [4.78, 5) is 6.51. The minimum Gasteiger partial charge on any atom is -0.395 e. The van der Waals surface area contributed by atoms with Crippen molar-refractivity contribution in [2.24, 2.45) is 5.73 Å². The Morgan fingerprint density at radius 2 is 1.95 bits per heavy atom. The summed E-state index contributed by atoms with van der Waals surface area (Å²) in [6.07, 6.45) is 1.76. The second-order valence-corrected chi connectivity index (χ2v) is 4.84. The van der Waals surface area contributed by atoms with E-state index < -0.39 is 0 Å². The topological polar surface area (TPSA) is 62.4 Å². The molecule has 106 valence electrons. The van der Waals surface area contributed by atoms with E-state index in [2.05, 4.69) is 22.0 Å². The monoisotopic (exact) mass is 271 g/mol. The molecular weight excluding hydrogens is 250 g/mol. The minimum atomic E-state index is -0.0873. The predicted molar refractivity (Wildman–Crippen MR) is 81.4 cm³/mol. The fraction of sp³-hybridized carbons (Fsp3) is 0.312. The van der Waals surface area contributed by atoms with Crippen molar-refractivity contribution in [1.82, 2.24) is 4.98 Å². The zero-order chi connectivity index (χ0) is 14.4. The van der Waals surface area contributed by atoms with Gasteiger partial charge in [0.2, 0.25) is 0 Å². The number of anilines is 1. The first-order valence-corrected chi connectivity index (χ1v) is 6.82. The van der Waals surface area contributed by atoms with Gasteiger partial charge < -0.3 is 15.7 Å². The lowest BCUT2D eigenvalue weighted by Crippen LogP contribution is -2.29. The zero-order valence-electron chi connectivity index (χ0n) is 11.7. The lowest BCUT2D eigenvalue weighted by molar-refractivity contribution is 0.301. The Hall–Kier alpha value is -1.91. The summed E-state index contributed by atoms with van der Waals surface area (Å²) in [6.45, 7) is 3.27. The van der Waals surface area contributed by atoms with E-state index in [1.165, 1.54) is 5.56 Å². The number of aromatic nitrogens is 1. The van der Waals surface area contributed by atoms with Crippen molar-refractivity contribution in [3.63, 3.8) is 0 Å². The molecule has 0 bridgehead atoms. The molecule has 0 aliphatic rings. The summed E-state index contributed by atoms with van der Waals surface area (Å²) in [5, 5.41) is 9.30. The van der Waals surface area contributed by atoms with Gasteiger partial charge in [0, 0.05) is 30.9 Å². The van der Waals surface area contributed by atoms with Crippen LogP contribution in [0.25, 0.3) is 0 Å². The number of benzene rings is 1.